The van der Waals surface area contributed by atoms with E-state index in [-0.39, 0.29) is 0 Å². The number of anilines is 4. The molecule has 0 saturated carbocycles. The summed E-state index contributed by atoms with van der Waals surface area (Å²) in [4.78, 5) is 26.2. The summed E-state index contributed by atoms with van der Waals surface area (Å²) in [5, 5.41) is 1.79. The molecule has 0 heterocycles. The van der Waals surface area contributed by atoms with E-state index in [9.17, 15) is 9.59 Å². The van der Waals surface area contributed by atoms with Crippen molar-refractivity contribution < 1.29 is 29.2 Å². The number of nitrogens with two attached hydrogens (primary N) is 1. The van der Waals surface area contributed by atoms with E-state index < -0.39 is 11.9 Å². The van der Waals surface area contributed by atoms with Crippen molar-refractivity contribution in [3.63, 3.8) is 0 Å². The van der Waals surface area contributed by atoms with Crippen LogP contribution < -0.4 is 36.1 Å². The van der Waals surface area contributed by atoms with Gasteiger partial charge in [-0.15, -0.1) is 0 Å². The van der Waals surface area contributed by atoms with E-state index >= 15 is 0 Å². The van der Waals surface area contributed by atoms with Gasteiger partial charge in [0.2, 0.25) is 0 Å². The Morgan fingerprint density at radius 2 is 1.34 bits per heavy atom. The number of hydrogen-bond donors (Lipinski definition) is 4. The Morgan fingerprint density at radius 3 is 2.00 bits per heavy atom. The summed E-state index contributed by atoms with van der Waals surface area (Å²) in [6.45, 7) is 4.35. The molecular weight excluding hydrogens is 630 g/mol. The zero-order chi connectivity index (χ0) is 35.1. The molecule has 0 radical (unpaired) electrons. The van der Waals surface area contributed by atoms with E-state index in [1.807, 2.05) is 92.3 Å². The minimum atomic E-state index is -0.442. The molecule has 0 aliphatic heterocycles. The van der Waals surface area contributed by atoms with Crippen molar-refractivity contribution in [2.45, 2.75) is 25.7 Å². The number of carbonyl (C=O) groups excluding carboxylic acids is 2. The number of carbonyl (C=O) groups is 2. The fourth-order valence-corrected chi connectivity index (χ4v) is 5.13. The van der Waals surface area contributed by atoms with Crippen molar-refractivity contribution in [2.75, 3.05) is 48.5 Å². The summed E-state index contributed by atoms with van der Waals surface area (Å²) < 4.78 is 16.7. The van der Waals surface area contributed by atoms with Gasteiger partial charge < -0.3 is 30.0 Å². The van der Waals surface area contributed by atoms with E-state index in [4.69, 9.17) is 14.2 Å². The fraction of sp³-hybridized carbons (Fsp3) is 0.200. The van der Waals surface area contributed by atoms with Gasteiger partial charge in [-0.3, -0.25) is 0 Å². The molecule has 0 unspecified atom stereocenters. The number of nitrogens with one attached hydrogen (secondary N) is 3. The second kappa shape index (κ2) is 18.0. The molecule has 0 spiro atoms. The van der Waals surface area contributed by atoms with Crippen LogP contribution >= 0.6 is 0 Å². The lowest BCUT2D eigenvalue weighted by molar-refractivity contribution is -0.536. The van der Waals surface area contributed by atoms with Gasteiger partial charge >= 0.3 is 11.9 Å². The van der Waals surface area contributed by atoms with Crippen molar-refractivity contribution in [1.29, 1.82) is 0 Å². The number of benzene rings is 5. The molecule has 5 N–H and O–H groups in total. The van der Waals surface area contributed by atoms with Crippen LogP contribution in [0.3, 0.4) is 0 Å². The first-order valence-electron chi connectivity index (χ1n) is 16.6. The molecule has 5 aromatic carbocycles. The lowest BCUT2D eigenvalue weighted by atomic mass is 10.1. The summed E-state index contributed by atoms with van der Waals surface area (Å²) in [6.07, 6.45) is 4.77. The van der Waals surface area contributed by atoms with Crippen LogP contribution in [0.1, 0.15) is 36.0 Å². The Morgan fingerprint density at radius 1 is 0.720 bits per heavy atom. The van der Waals surface area contributed by atoms with Gasteiger partial charge in [-0.2, -0.15) is 0 Å². The van der Waals surface area contributed by atoms with Crippen LogP contribution in [0.5, 0.6) is 11.5 Å². The van der Waals surface area contributed by atoms with E-state index in [2.05, 4.69) is 39.9 Å². The molecule has 5 rings (SSSR count). The van der Waals surface area contributed by atoms with E-state index in [1.165, 1.54) is 6.08 Å². The van der Waals surface area contributed by atoms with Crippen LogP contribution in [0.2, 0.25) is 0 Å². The second-order valence-corrected chi connectivity index (χ2v) is 11.8. The van der Waals surface area contributed by atoms with Gasteiger partial charge in [0, 0.05) is 42.7 Å². The molecule has 0 aliphatic rings. The van der Waals surface area contributed by atoms with E-state index in [1.54, 1.807) is 24.3 Å². The number of rotatable bonds is 18. The van der Waals surface area contributed by atoms with Crippen molar-refractivity contribution in [1.82, 2.24) is 0 Å². The minimum Gasteiger partial charge on any atom is -0.494 e. The third kappa shape index (κ3) is 10.2. The second-order valence-electron chi connectivity index (χ2n) is 11.8. The highest BCUT2D eigenvalue weighted by Gasteiger charge is 2.15. The molecule has 0 aromatic heterocycles. The summed E-state index contributed by atoms with van der Waals surface area (Å²) in [6, 6.07) is 34.7. The lowest BCUT2D eigenvalue weighted by Gasteiger charge is -2.14. The van der Waals surface area contributed by atoms with Gasteiger partial charge in [-0.25, -0.2) is 20.4 Å². The Kier molecular flexibility index (Phi) is 12.7. The van der Waals surface area contributed by atoms with Crippen molar-refractivity contribution in [2.24, 2.45) is 0 Å². The number of hydrazine groups is 1. The molecule has 10 nitrogen and oxygen atoms in total. The number of quaternary nitrogens is 1. The third-order valence-electron chi connectivity index (χ3n) is 7.94. The number of esters is 2. The first kappa shape index (κ1) is 35.3. The number of unbranched alkanes of at least 4 members (excludes halogenated alkanes) is 3. The molecule has 50 heavy (non-hydrogen) atoms. The molecule has 0 atom stereocenters. The van der Waals surface area contributed by atoms with Crippen LogP contribution in [-0.4, -0.2) is 39.2 Å². The number of nitrogen functional groups attached to an aromatic ring is 1. The monoisotopic (exact) mass is 674 g/mol. The summed E-state index contributed by atoms with van der Waals surface area (Å²) in [5.41, 5.74) is 17.1. The number of ether oxygens (including phenoxy) is 3. The third-order valence-corrected chi connectivity index (χ3v) is 7.94. The Labute approximate surface area is 293 Å². The normalized spacial score (nSPS) is 10.6. The Bertz CT molecular complexity index is 1860. The van der Waals surface area contributed by atoms with E-state index in [0.29, 0.717) is 30.3 Å². The number of nitrogens with zero attached hydrogens (tertiary/aromatic N) is 1. The van der Waals surface area contributed by atoms with Crippen LogP contribution in [0.25, 0.3) is 10.8 Å². The highest BCUT2D eigenvalue weighted by molar-refractivity contribution is 5.98. The highest BCUT2D eigenvalue weighted by atomic mass is 16.5. The van der Waals surface area contributed by atoms with Gasteiger partial charge in [0.25, 0.3) is 0 Å². The number of hydrogen-bond acceptors (Lipinski definition) is 9. The molecule has 10 heteroatoms. The summed E-state index contributed by atoms with van der Waals surface area (Å²) in [5.74, 6) is 0.343. The molecule has 0 saturated heterocycles. The molecule has 0 fully saturated rings. The zero-order valence-electron chi connectivity index (χ0n) is 28.5. The van der Waals surface area contributed by atoms with Crippen LogP contribution in [0.15, 0.2) is 122 Å². The SMILES string of the molecule is C=CC(=O)OCCCCCCOc1ccc(C(=O)Oc2ccc([NH2+]Nc3ccc(NNc4ccc(N(C)C)cc4)cc3)c3ccccc23)cc1. The van der Waals surface area contributed by atoms with Gasteiger partial charge in [-0.05, 0) is 111 Å². The predicted molar refractivity (Wildman–Crippen MR) is 200 cm³/mol. The first-order chi connectivity index (χ1) is 24.4. The molecule has 0 bridgehead atoms. The topological polar surface area (TPSA) is 118 Å². The Balaban J connectivity index is 1.09. The van der Waals surface area contributed by atoms with Crippen LogP contribution in [-0.2, 0) is 9.53 Å². The Hall–Kier alpha value is -6.00. The smallest absolute Gasteiger partial charge is 0.343 e. The summed E-state index contributed by atoms with van der Waals surface area (Å²) >= 11 is 0. The molecule has 258 valence electrons. The highest BCUT2D eigenvalue weighted by Crippen LogP contribution is 2.30. The number of fused-ring (bicyclic) bond motifs is 1. The minimum absolute atomic E-state index is 0.391. The van der Waals surface area contributed by atoms with Crippen LogP contribution in [0.4, 0.5) is 28.4 Å². The quantitative estimate of drug-likeness (QED) is 0.0143. The van der Waals surface area contributed by atoms with Gasteiger partial charge in [0.1, 0.15) is 11.5 Å². The van der Waals surface area contributed by atoms with Crippen LogP contribution in [0, 0.1) is 0 Å². The maximum atomic E-state index is 13.1. The molecule has 0 amide bonds. The zero-order valence-corrected chi connectivity index (χ0v) is 28.5. The molecule has 0 aliphatic carbocycles. The van der Waals surface area contributed by atoms with Gasteiger partial charge in [-0.1, -0.05) is 24.8 Å². The molecular formula is C40H44N5O5+. The average molecular weight is 675 g/mol. The largest absolute Gasteiger partial charge is 0.494 e. The predicted octanol–water partition coefficient (Wildman–Crippen LogP) is 7.45. The van der Waals surface area contributed by atoms with Crippen molar-refractivity contribution in [3.8, 4) is 11.5 Å². The average Bonchev–Trinajstić information content (AvgIpc) is 3.15. The summed E-state index contributed by atoms with van der Waals surface area (Å²) in [7, 11) is 4.04. The standard InChI is InChI=1S/C40H43N5O5/c1-4-39(46)49-28-10-6-5-9-27-48-34-23-13-29(14-24-34)40(47)50-38-26-25-37(35-11-7-8-12-36(35)38)44-43-31-17-15-30(16-18-31)41-42-32-19-21-33(22-20-32)45(2)3/h4,7-8,11-26,41-44H,1,5-6,9-10,27-28H2,2-3H3/p+1. The fourth-order valence-electron chi connectivity index (χ4n) is 5.13. The maximum Gasteiger partial charge on any atom is 0.343 e. The first-order valence-corrected chi connectivity index (χ1v) is 16.6. The lowest BCUT2D eigenvalue weighted by Crippen LogP contribution is -2.82. The van der Waals surface area contributed by atoms with Gasteiger partial charge in [0.05, 0.1) is 35.8 Å². The maximum absolute atomic E-state index is 13.1. The van der Waals surface area contributed by atoms with Gasteiger partial charge in [0.15, 0.2) is 5.69 Å². The van der Waals surface area contributed by atoms with Crippen molar-refractivity contribution in [3.05, 3.63) is 127 Å². The molecule has 5 aromatic rings. The van der Waals surface area contributed by atoms with Crippen molar-refractivity contribution >= 4 is 51.1 Å². The van der Waals surface area contributed by atoms with E-state index in [0.717, 1.165) is 64.9 Å².